The van der Waals surface area contributed by atoms with Gasteiger partial charge in [-0.15, -0.1) is 11.3 Å². The van der Waals surface area contributed by atoms with Crippen LogP contribution in [0.15, 0.2) is 29.9 Å². The molecule has 1 amide bonds. The Kier molecular flexibility index (Phi) is 3.11. The molecule has 16 heavy (non-hydrogen) atoms. The zero-order chi connectivity index (χ0) is 11.4. The fourth-order valence-electron chi connectivity index (χ4n) is 1.14. The number of nitrogens with one attached hydrogen (secondary N) is 1. The van der Waals surface area contributed by atoms with E-state index in [1.807, 2.05) is 5.38 Å². The maximum atomic E-state index is 11.6. The molecule has 0 bridgehead atoms. The minimum Gasteiger partial charge on any atom is -0.384 e. The SMILES string of the molecule is Nc1ccc(C(=O)NCc2nccs2)cn1. The topological polar surface area (TPSA) is 80.9 Å². The van der Waals surface area contributed by atoms with E-state index in [0.29, 0.717) is 17.9 Å². The van der Waals surface area contributed by atoms with Crippen molar-refractivity contribution in [3.8, 4) is 0 Å². The molecule has 2 heterocycles. The van der Waals surface area contributed by atoms with Gasteiger partial charge in [0.15, 0.2) is 0 Å². The van der Waals surface area contributed by atoms with Crippen molar-refractivity contribution < 1.29 is 4.79 Å². The van der Waals surface area contributed by atoms with Crippen LogP contribution in [0, 0.1) is 0 Å². The lowest BCUT2D eigenvalue weighted by atomic mass is 10.2. The third kappa shape index (κ3) is 2.54. The lowest BCUT2D eigenvalue weighted by molar-refractivity contribution is 0.0950. The number of carbonyl (C=O) groups is 1. The largest absolute Gasteiger partial charge is 0.384 e. The molecule has 0 aliphatic heterocycles. The normalized spacial score (nSPS) is 10.0. The lowest BCUT2D eigenvalue weighted by Gasteiger charge is -2.02. The van der Waals surface area contributed by atoms with Crippen molar-refractivity contribution in [1.82, 2.24) is 15.3 Å². The maximum Gasteiger partial charge on any atom is 0.253 e. The summed E-state index contributed by atoms with van der Waals surface area (Å²) in [6, 6.07) is 3.23. The first-order valence-electron chi connectivity index (χ1n) is 4.64. The first-order valence-corrected chi connectivity index (χ1v) is 5.52. The van der Waals surface area contributed by atoms with Gasteiger partial charge in [-0.3, -0.25) is 4.79 Å². The summed E-state index contributed by atoms with van der Waals surface area (Å²) in [5, 5.41) is 5.49. The molecule has 0 unspecified atom stereocenters. The lowest BCUT2D eigenvalue weighted by Crippen LogP contribution is -2.22. The van der Waals surface area contributed by atoms with E-state index < -0.39 is 0 Å². The average Bonchev–Trinajstić information content (AvgIpc) is 2.80. The van der Waals surface area contributed by atoms with Gasteiger partial charge in [-0.2, -0.15) is 0 Å². The van der Waals surface area contributed by atoms with Crippen LogP contribution in [0.3, 0.4) is 0 Å². The van der Waals surface area contributed by atoms with E-state index >= 15 is 0 Å². The molecule has 0 fully saturated rings. The molecule has 2 rings (SSSR count). The number of amides is 1. The highest BCUT2D eigenvalue weighted by molar-refractivity contribution is 7.09. The van der Waals surface area contributed by atoms with Crippen molar-refractivity contribution >= 4 is 23.1 Å². The van der Waals surface area contributed by atoms with Gasteiger partial charge >= 0.3 is 0 Å². The molecule has 2 aromatic rings. The Balaban J connectivity index is 1.95. The fourth-order valence-corrected chi connectivity index (χ4v) is 1.69. The van der Waals surface area contributed by atoms with E-state index in [2.05, 4.69) is 15.3 Å². The van der Waals surface area contributed by atoms with Crippen molar-refractivity contribution in [1.29, 1.82) is 0 Å². The van der Waals surface area contributed by atoms with Crippen LogP contribution in [0.2, 0.25) is 0 Å². The smallest absolute Gasteiger partial charge is 0.253 e. The second-order valence-electron chi connectivity index (χ2n) is 3.08. The standard InChI is InChI=1S/C10H10N4OS/c11-8-2-1-7(5-13-8)10(15)14-6-9-12-3-4-16-9/h1-5H,6H2,(H2,11,13)(H,14,15). The van der Waals surface area contributed by atoms with Gasteiger partial charge in [0.1, 0.15) is 10.8 Å². The fraction of sp³-hybridized carbons (Fsp3) is 0.100. The number of hydrogen-bond acceptors (Lipinski definition) is 5. The molecule has 2 aromatic heterocycles. The van der Waals surface area contributed by atoms with E-state index in [4.69, 9.17) is 5.73 Å². The molecule has 3 N–H and O–H groups in total. The molecule has 5 nitrogen and oxygen atoms in total. The van der Waals surface area contributed by atoms with Crippen molar-refractivity contribution in [2.75, 3.05) is 5.73 Å². The molecule has 6 heteroatoms. The molecule has 0 atom stereocenters. The van der Waals surface area contributed by atoms with Crippen LogP contribution in [0.1, 0.15) is 15.4 Å². The van der Waals surface area contributed by atoms with E-state index in [1.165, 1.54) is 17.5 Å². The summed E-state index contributed by atoms with van der Waals surface area (Å²) in [5.74, 6) is 0.221. The quantitative estimate of drug-likeness (QED) is 0.831. The Morgan fingerprint density at radius 3 is 2.94 bits per heavy atom. The van der Waals surface area contributed by atoms with Gasteiger partial charge in [0, 0.05) is 17.8 Å². The van der Waals surface area contributed by atoms with Crippen LogP contribution in [-0.4, -0.2) is 15.9 Å². The zero-order valence-electron chi connectivity index (χ0n) is 8.38. The summed E-state index contributed by atoms with van der Waals surface area (Å²) in [6.07, 6.45) is 3.16. The summed E-state index contributed by atoms with van der Waals surface area (Å²) in [7, 11) is 0. The summed E-state index contributed by atoms with van der Waals surface area (Å²) >= 11 is 1.50. The number of pyridine rings is 1. The second kappa shape index (κ2) is 4.71. The van der Waals surface area contributed by atoms with Gasteiger partial charge < -0.3 is 11.1 Å². The van der Waals surface area contributed by atoms with Gasteiger partial charge in [-0.1, -0.05) is 0 Å². The highest BCUT2D eigenvalue weighted by Crippen LogP contribution is 2.04. The molecular formula is C10H10N4OS. The third-order valence-electron chi connectivity index (χ3n) is 1.93. The number of nitrogens with zero attached hydrogens (tertiary/aromatic N) is 2. The number of aromatic nitrogens is 2. The van der Waals surface area contributed by atoms with Crippen LogP contribution in [-0.2, 0) is 6.54 Å². The number of nitrogens with two attached hydrogens (primary N) is 1. The summed E-state index contributed by atoms with van der Waals surface area (Å²) < 4.78 is 0. The van der Waals surface area contributed by atoms with Crippen LogP contribution in [0.4, 0.5) is 5.82 Å². The van der Waals surface area contributed by atoms with Crippen molar-refractivity contribution in [2.45, 2.75) is 6.54 Å². The monoisotopic (exact) mass is 234 g/mol. The van der Waals surface area contributed by atoms with Gasteiger partial charge in [-0.05, 0) is 12.1 Å². The van der Waals surface area contributed by atoms with Gasteiger partial charge in [0.05, 0.1) is 12.1 Å². The van der Waals surface area contributed by atoms with Crippen molar-refractivity contribution in [3.63, 3.8) is 0 Å². The van der Waals surface area contributed by atoms with Crippen LogP contribution < -0.4 is 11.1 Å². The number of anilines is 1. The highest BCUT2D eigenvalue weighted by atomic mass is 32.1. The Morgan fingerprint density at radius 2 is 2.31 bits per heavy atom. The van der Waals surface area contributed by atoms with Gasteiger partial charge in [-0.25, -0.2) is 9.97 Å². The first kappa shape index (κ1) is 10.6. The minimum absolute atomic E-state index is 0.178. The number of thiazole rings is 1. The second-order valence-corrected chi connectivity index (χ2v) is 4.06. The van der Waals surface area contributed by atoms with Crippen molar-refractivity contribution in [3.05, 3.63) is 40.5 Å². The average molecular weight is 234 g/mol. The highest BCUT2D eigenvalue weighted by Gasteiger charge is 2.05. The molecule has 82 valence electrons. The summed E-state index contributed by atoms with van der Waals surface area (Å²) in [6.45, 7) is 0.431. The predicted octanol–water partition coefficient (Wildman–Crippen LogP) is 1.05. The van der Waals surface area contributed by atoms with E-state index in [0.717, 1.165) is 5.01 Å². The molecule has 0 saturated carbocycles. The molecular weight excluding hydrogens is 224 g/mol. The summed E-state index contributed by atoms with van der Waals surface area (Å²) in [5.41, 5.74) is 5.92. The Morgan fingerprint density at radius 1 is 1.44 bits per heavy atom. The third-order valence-corrected chi connectivity index (χ3v) is 2.71. The predicted molar refractivity (Wildman–Crippen MR) is 61.9 cm³/mol. The molecule has 0 spiro atoms. The zero-order valence-corrected chi connectivity index (χ0v) is 9.20. The van der Waals surface area contributed by atoms with Gasteiger partial charge in [0.25, 0.3) is 5.91 Å². The first-order chi connectivity index (χ1) is 7.75. The number of carbonyl (C=O) groups excluding carboxylic acids is 1. The minimum atomic E-state index is -0.178. The Bertz CT molecular complexity index is 466. The molecule has 0 aromatic carbocycles. The van der Waals surface area contributed by atoms with E-state index in [-0.39, 0.29) is 5.91 Å². The molecule has 0 radical (unpaired) electrons. The number of nitrogen functional groups attached to an aromatic ring is 1. The summed E-state index contributed by atoms with van der Waals surface area (Å²) in [4.78, 5) is 19.5. The van der Waals surface area contributed by atoms with E-state index in [9.17, 15) is 4.79 Å². The Hall–Kier alpha value is -1.95. The number of hydrogen-bond donors (Lipinski definition) is 2. The maximum absolute atomic E-state index is 11.6. The van der Waals surface area contributed by atoms with Crippen LogP contribution >= 0.6 is 11.3 Å². The van der Waals surface area contributed by atoms with Gasteiger partial charge in [0.2, 0.25) is 0 Å². The van der Waals surface area contributed by atoms with Crippen molar-refractivity contribution in [2.24, 2.45) is 0 Å². The molecule has 0 saturated heterocycles. The number of rotatable bonds is 3. The molecule has 0 aliphatic rings. The van der Waals surface area contributed by atoms with Crippen LogP contribution in [0.25, 0.3) is 0 Å². The Labute approximate surface area is 96.3 Å². The molecule has 0 aliphatic carbocycles. The van der Waals surface area contributed by atoms with Crippen LogP contribution in [0.5, 0.6) is 0 Å². The van der Waals surface area contributed by atoms with E-state index in [1.54, 1.807) is 18.3 Å².